The standard InChI is InChI=1S/C96H94N4O4S8/c1-5-9-13-17-61-101-71-33-25-67(26-34-71)97-75(83-23-21-65-105-83)41-43-77(97)85-49-55-91(107-85)93-57-51-87(109-93)79-45-47-81(99(79)69-29-37-73(38-30-69)103-63-19-15-11-7-3)89-53-59-95(111-89)96-60-54-90(112-96)82-48-46-80(100(82)70-31-39-74(40-32-70)104-64-20-16-12-8-4)88-52-58-94(110-88)92-56-50-86(108-92)78-44-42-76(84-24-22-66-106-84)98(78)68-27-35-72(36-28-68)102-62-18-14-10-6-2/h21-60,65-66H,5-20,61-64H2,1-4H3. The Morgan fingerprint density at radius 2 is 0.393 bits per heavy atom. The molecule has 570 valence electrons. The number of nitrogens with zero attached hydrogens (tertiary/aromatic N) is 4. The molecular weight excluding hydrogens is 1530 g/mol. The van der Waals surface area contributed by atoms with Crippen LogP contribution in [0, 0.1) is 0 Å². The van der Waals surface area contributed by atoms with Crippen LogP contribution < -0.4 is 18.9 Å². The van der Waals surface area contributed by atoms with Crippen LogP contribution in [0.15, 0.2) is 253 Å². The van der Waals surface area contributed by atoms with Gasteiger partial charge in [0.15, 0.2) is 0 Å². The van der Waals surface area contributed by atoms with Gasteiger partial charge in [0, 0.05) is 52.0 Å². The lowest BCUT2D eigenvalue weighted by Crippen LogP contribution is -2.00. The van der Waals surface area contributed by atoms with Crippen molar-refractivity contribution in [1.82, 2.24) is 18.3 Å². The Morgan fingerprint density at radius 1 is 0.196 bits per heavy atom. The number of aromatic nitrogens is 4. The van der Waals surface area contributed by atoms with Crippen LogP contribution in [0.1, 0.15) is 130 Å². The van der Waals surface area contributed by atoms with E-state index in [2.05, 4.69) is 299 Å². The molecule has 0 aliphatic carbocycles. The van der Waals surface area contributed by atoms with E-state index in [0.29, 0.717) is 0 Å². The molecule has 0 amide bonds. The predicted molar refractivity (Wildman–Crippen MR) is 485 cm³/mol. The number of hydrogen-bond acceptors (Lipinski definition) is 12. The van der Waals surface area contributed by atoms with E-state index in [0.717, 1.165) is 121 Å². The van der Waals surface area contributed by atoms with Crippen LogP contribution in [0.3, 0.4) is 0 Å². The number of benzene rings is 4. The fourth-order valence-electron chi connectivity index (χ4n) is 14.5. The molecule has 0 spiro atoms. The van der Waals surface area contributed by atoms with Gasteiger partial charge in [-0.25, -0.2) is 0 Å². The maximum absolute atomic E-state index is 6.34. The van der Waals surface area contributed by atoms with E-state index in [1.165, 1.54) is 168 Å². The molecule has 0 aliphatic heterocycles. The Balaban J connectivity index is 0.686. The van der Waals surface area contributed by atoms with E-state index in [4.69, 9.17) is 18.9 Å². The molecule has 0 saturated heterocycles. The molecule has 12 aromatic heterocycles. The lowest BCUT2D eigenvalue weighted by atomic mass is 10.2. The van der Waals surface area contributed by atoms with Gasteiger partial charge in [0.1, 0.15) is 23.0 Å². The first-order chi connectivity index (χ1) is 55.4. The van der Waals surface area contributed by atoms with Crippen LogP contribution in [0.5, 0.6) is 23.0 Å². The molecule has 112 heavy (non-hydrogen) atoms. The molecule has 0 bridgehead atoms. The molecule has 8 nitrogen and oxygen atoms in total. The van der Waals surface area contributed by atoms with Gasteiger partial charge < -0.3 is 37.2 Å². The van der Waals surface area contributed by atoms with Gasteiger partial charge in [-0.2, -0.15) is 0 Å². The van der Waals surface area contributed by atoms with E-state index in [1.807, 2.05) is 68.0 Å². The van der Waals surface area contributed by atoms with E-state index < -0.39 is 0 Å². The fourth-order valence-corrected chi connectivity index (χ4v) is 22.4. The molecule has 0 fully saturated rings. The van der Waals surface area contributed by atoms with Gasteiger partial charge in [0.25, 0.3) is 0 Å². The van der Waals surface area contributed by atoms with Crippen molar-refractivity contribution >= 4 is 90.7 Å². The molecule has 0 N–H and O–H groups in total. The zero-order valence-electron chi connectivity index (χ0n) is 64.1. The van der Waals surface area contributed by atoms with E-state index in [1.54, 1.807) is 22.7 Å². The fraction of sp³-hybridized carbons (Fsp3) is 0.250. The topological polar surface area (TPSA) is 56.6 Å². The lowest BCUT2D eigenvalue weighted by Gasteiger charge is -2.14. The second-order valence-corrected chi connectivity index (χ2v) is 36.7. The molecule has 16 heteroatoms. The summed E-state index contributed by atoms with van der Waals surface area (Å²) in [6.07, 6.45) is 18.8. The number of thiophene rings is 8. The number of rotatable bonds is 39. The molecule has 0 unspecified atom stereocenters. The van der Waals surface area contributed by atoms with Crippen LogP contribution in [0.4, 0.5) is 0 Å². The van der Waals surface area contributed by atoms with Gasteiger partial charge in [-0.15, -0.1) is 90.7 Å². The Morgan fingerprint density at radius 3 is 0.580 bits per heavy atom. The highest BCUT2D eigenvalue weighted by Gasteiger charge is 2.25. The Bertz CT molecular complexity index is 5260. The number of ether oxygens (including phenoxy) is 4. The van der Waals surface area contributed by atoms with Crippen molar-refractivity contribution in [3.05, 3.63) is 253 Å². The van der Waals surface area contributed by atoms with E-state index in [9.17, 15) is 0 Å². The van der Waals surface area contributed by atoms with E-state index in [-0.39, 0.29) is 0 Å². The second kappa shape index (κ2) is 37.2. The highest BCUT2D eigenvalue weighted by molar-refractivity contribution is 7.26. The average molecular weight is 1620 g/mol. The molecule has 0 saturated carbocycles. The molecule has 16 rings (SSSR count). The summed E-state index contributed by atoms with van der Waals surface area (Å²) < 4.78 is 34.8. The van der Waals surface area contributed by atoms with Crippen LogP contribution in [0.2, 0.25) is 0 Å². The average Bonchev–Trinajstić information content (AvgIpc) is 1.63. The van der Waals surface area contributed by atoms with Crippen molar-refractivity contribution in [3.8, 4) is 160 Å². The number of unbranched alkanes of at least 4 members (excludes halogenated alkanes) is 12. The first-order valence-electron chi connectivity index (χ1n) is 39.9. The summed E-state index contributed by atoms with van der Waals surface area (Å²) in [5, 5.41) is 4.32. The second-order valence-electron chi connectivity index (χ2n) is 28.3. The molecule has 0 aliphatic rings. The van der Waals surface area contributed by atoms with Gasteiger partial charge >= 0.3 is 0 Å². The van der Waals surface area contributed by atoms with Crippen molar-refractivity contribution in [1.29, 1.82) is 0 Å². The van der Waals surface area contributed by atoms with E-state index >= 15 is 0 Å². The quantitative estimate of drug-likeness (QED) is 0.0360. The molecule has 0 radical (unpaired) electrons. The molecule has 12 heterocycles. The smallest absolute Gasteiger partial charge is 0.119 e. The zero-order valence-corrected chi connectivity index (χ0v) is 70.6. The largest absolute Gasteiger partial charge is 0.494 e. The van der Waals surface area contributed by atoms with Gasteiger partial charge in [-0.3, -0.25) is 0 Å². The third-order valence-corrected chi connectivity index (χ3v) is 29.4. The van der Waals surface area contributed by atoms with Crippen LogP contribution in [-0.2, 0) is 0 Å². The monoisotopic (exact) mass is 1620 g/mol. The summed E-state index contributed by atoms with van der Waals surface area (Å²) in [6, 6.07) is 89.6. The number of hydrogen-bond donors (Lipinski definition) is 0. The van der Waals surface area contributed by atoms with Crippen molar-refractivity contribution in [2.24, 2.45) is 0 Å². The summed E-state index contributed by atoms with van der Waals surface area (Å²) >= 11 is 14.7. The first kappa shape index (κ1) is 76.8. The summed E-state index contributed by atoms with van der Waals surface area (Å²) in [7, 11) is 0. The zero-order chi connectivity index (χ0) is 76.0. The van der Waals surface area contributed by atoms with Crippen LogP contribution in [-0.4, -0.2) is 44.7 Å². The molecule has 0 atom stereocenters. The van der Waals surface area contributed by atoms with Gasteiger partial charge in [-0.1, -0.05) is 117 Å². The van der Waals surface area contributed by atoms with Gasteiger partial charge in [-0.05, 0) is 267 Å². The molecule has 16 aromatic rings. The first-order valence-corrected chi connectivity index (χ1v) is 46.5. The third-order valence-electron chi connectivity index (χ3n) is 20.4. The Hall–Kier alpha value is -9.20. The summed E-state index contributed by atoms with van der Waals surface area (Å²) in [5.41, 5.74) is 13.7. The maximum atomic E-state index is 6.34. The molecular formula is C96H94N4O4S8. The highest BCUT2D eigenvalue weighted by atomic mass is 32.1. The summed E-state index contributed by atoms with van der Waals surface area (Å²) in [4.78, 5) is 17.2. The minimum absolute atomic E-state index is 0.720. The Labute approximate surface area is 691 Å². The van der Waals surface area contributed by atoms with Crippen molar-refractivity contribution in [2.75, 3.05) is 26.4 Å². The predicted octanol–water partition coefficient (Wildman–Crippen LogP) is 31.5. The normalized spacial score (nSPS) is 11.6. The van der Waals surface area contributed by atoms with Crippen LogP contribution >= 0.6 is 90.7 Å². The van der Waals surface area contributed by atoms with Crippen molar-refractivity contribution in [2.45, 2.75) is 130 Å². The van der Waals surface area contributed by atoms with Crippen molar-refractivity contribution in [3.63, 3.8) is 0 Å². The lowest BCUT2D eigenvalue weighted by molar-refractivity contribution is 0.305. The van der Waals surface area contributed by atoms with Gasteiger partial charge in [0.2, 0.25) is 0 Å². The minimum Gasteiger partial charge on any atom is -0.494 e. The molecule has 4 aromatic carbocycles. The van der Waals surface area contributed by atoms with Gasteiger partial charge in [0.05, 0.1) is 111 Å². The van der Waals surface area contributed by atoms with Crippen molar-refractivity contribution < 1.29 is 18.9 Å². The summed E-state index contributed by atoms with van der Waals surface area (Å²) in [6.45, 7) is 11.9. The maximum Gasteiger partial charge on any atom is 0.119 e. The van der Waals surface area contributed by atoms with Crippen LogP contribution in [0.25, 0.3) is 137 Å². The summed E-state index contributed by atoms with van der Waals surface area (Å²) in [5.74, 6) is 3.63. The highest BCUT2D eigenvalue weighted by Crippen LogP contribution is 2.50. The Kier molecular flexibility index (Phi) is 25.5. The third kappa shape index (κ3) is 17.6. The SMILES string of the molecule is CCCCCCOc1ccc(-n2c(-c3cccs3)ccc2-c2ccc(-c3ccc(-c4ccc(-c5ccc(-c6ccc(-c7ccc(-c8ccc(-c9ccc(-c%10ccc(-c%11cccs%11)n%10-c%10ccc(OCCCCCC)cc%10)s9)s8)n7-c7ccc(OCCCCCC)cc7)s6)s5)n4-c4ccc(OCCCCCC)cc4)s3)s2)cc1. The minimum atomic E-state index is 0.720.